The van der Waals surface area contributed by atoms with Crippen LogP contribution in [0.3, 0.4) is 0 Å². The number of hydrogen-bond acceptors (Lipinski definition) is 3. The number of pyridine rings is 1. The van der Waals surface area contributed by atoms with Crippen molar-refractivity contribution in [3.63, 3.8) is 0 Å². The summed E-state index contributed by atoms with van der Waals surface area (Å²) < 4.78 is 12.7. The summed E-state index contributed by atoms with van der Waals surface area (Å²) >= 11 is 1.53. The molecule has 0 radical (unpaired) electrons. The van der Waals surface area contributed by atoms with E-state index in [0.29, 0.717) is 5.69 Å². The second-order valence-corrected chi connectivity index (χ2v) is 3.66. The molecule has 15 heavy (non-hydrogen) atoms. The Labute approximate surface area is 92.8 Å². The zero-order valence-corrected chi connectivity index (χ0v) is 9.81. The number of aromatic nitrogens is 2. The first-order valence-electron chi connectivity index (χ1n) is 4.81. The van der Waals surface area contributed by atoms with E-state index in [4.69, 9.17) is 0 Å². The average molecular weight is 224 g/mol. The van der Waals surface area contributed by atoms with Crippen molar-refractivity contribution in [1.82, 2.24) is 9.97 Å². The van der Waals surface area contributed by atoms with E-state index in [0.717, 1.165) is 10.7 Å². The molecule has 0 unspecified atom stereocenters. The third-order valence-corrected chi connectivity index (χ3v) is 2.37. The Kier molecular flexibility index (Phi) is 4.37. The van der Waals surface area contributed by atoms with Gasteiger partial charge < -0.3 is 0 Å². The molecule has 0 spiro atoms. The summed E-state index contributed by atoms with van der Waals surface area (Å²) in [6.07, 6.45) is 0. The Morgan fingerprint density at radius 2 is 1.87 bits per heavy atom. The van der Waals surface area contributed by atoms with Gasteiger partial charge in [-0.1, -0.05) is 19.9 Å². The van der Waals surface area contributed by atoms with E-state index in [2.05, 4.69) is 9.97 Å². The molecular formula is C11H13FN2S. The third kappa shape index (κ3) is 3.09. The van der Waals surface area contributed by atoms with Crippen molar-refractivity contribution in [3.05, 3.63) is 34.5 Å². The number of hydrogen-bond donors (Lipinski definition) is 0. The van der Waals surface area contributed by atoms with E-state index in [1.54, 1.807) is 12.1 Å². The van der Waals surface area contributed by atoms with E-state index >= 15 is 0 Å². The highest BCUT2D eigenvalue weighted by molar-refractivity contribution is 7.09. The summed E-state index contributed by atoms with van der Waals surface area (Å²) in [7, 11) is 0. The van der Waals surface area contributed by atoms with Crippen LogP contribution in [-0.4, -0.2) is 9.97 Å². The summed E-state index contributed by atoms with van der Waals surface area (Å²) in [5, 5.41) is 2.83. The molecule has 4 heteroatoms. The van der Waals surface area contributed by atoms with Gasteiger partial charge in [-0.15, -0.1) is 11.3 Å². The van der Waals surface area contributed by atoms with Gasteiger partial charge in [0.05, 0.1) is 16.4 Å². The fraction of sp³-hybridized carbons (Fsp3) is 0.273. The predicted molar refractivity (Wildman–Crippen MR) is 61.4 cm³/mol. The van der Waals surface area contributed by atoms with Gasteiger partial charge in [0.1, 0.15) is 0 Å². The van der Waals surface area contributed by atoms with Gasteiger partial charge in [-0.25, -0.2) is 9.97 Å². The molecule has 2 rings (SSSR count). The van der Waals surface area contributed by atoms with Crippen LogP contribution in [0.5, 0.6) is 0 Å². The fourth-order valence-electron chi connectivity index (χ4n) is 1.03. The molecule has 0 atom stereocenters. The first kappa shape index (κ1) is 11.8. The normalized spacial score (nSPS) is 9.33. The maximum atomic E-state index is 12.7. The van der Waals surface area contributed by atoms with Gasteiger partial charge in [0.15, 0.2) is 0 Å². The van der Waals surface area contributed by atoms with Gasteiger partial charge in [-0.3, -0.25) is 0 Å². The van der Waals surface area contributed by atoms with Crippen molar-refractivity contribution in [2.24, 2.45) is 0 Å². The smallest absolute Gasteiger partial charge is 0.213 e. The van der Waals surface area contributed by atoms with Crippen molar-refractivity contribution in [2.75, 3.05) is 0 Å². The minimum absolute atomic E-state index is 0.469. The quantitative estimate of drug-likeness (QED) is 0.690. The van der Waals surface area contributed by atoms with Gasteiger partial charge in [-0.05, 0) is 19.1 Å². The van der Waals surface area contributed by atoms with Crippen LogP contribution in [0.15, 0.2) is 23.6 Å². The van der Waals surface area contributed by atoms with Crippen LogP contribution >= 0.6 is 11.3 Å². The number of thiazole rings is 1. The molecule has 0 bridgehead atoms. The molecule has 2 heterocycles. The first-order valence-corrected chi connectivity index (χ1v) is 5.69. The number of rotatable bonds is 1. The largest absolute Gasteiger partial charge is 0.240 e. The second kappa shape index (κ2) is 5.56. The molecule has 0 aromatic carbocycles. The van der Waals surface area contributed by atoms with Crippen LogP contribution in [0.1, 0.15) is 18.9 Å². The third-order valence-electron chi connectivity index (χ3n) is 1.60. The highest BCUT2D eigenvalue weighted by atomic mass is 32.1. The monoisotopic (exact) mass is 224 g/mol. The van der Waals surface area contributed by atoms with Crippen LogP contribution < -0.4 is 0 Å². The molecule has 2 nitrogen and oxygen atoms in total. The molecule has 0 saturated heterocycles. The van der Waals surface area contributed by atoms with Gasteiger partial charge in [0.25, 0.3) is 0 Å². The molecule has 0 amide bonds. The molecule has 0 aliphatic heterocycles. The highest BCUT2D eigenvalue weighted by Gasteiger charge is 2.03. The van der Waals surface area contributed by atoms with Crippen LogP contribution in [0.4, 0.5) is 4.39 Å². The number of aryl methyl sites for hydroxylation is 1. The SMILES string of the molecule is CC.Cc1nc(-c2cccc(F)n2)cs1. The lowest BCUT2D eigenvalue weighted by atomic mass is 10.3. The molecule has 0 aliphatic rings. The predicted octanol–water partition coefficient (Wildman–Crippen LogP) is 3.68. The molecule has 0 N–H and O–H groups in total. The summed E-state index contributed by atoms with van der Waals surface area (Å²) in [5.74, 6) is -0.469. The molecule has 2 aromatic heterocycles. The maximum Gasteiger partial charge on any atom is 0.213 e. The molecular weight excluding hydrogens is 211 g/mol. The second-order valence-electron chi connectivity index (χ2n) is 2.60. The van der Waals surface area contributed by atoms with Crippen molar-refractivity contribution in [1.29, 1.82) is 0 Å². The standard InChI is InChI=1S/C9H7FN2S.C2H6/c1-6-11-8(5-13-6)7-3-2-4-9(10)12-7;1-2/h2-5H,1H3;1-2H3. The van der Waals surface area contributed by atoms with Crippen LogP contribution in [-0.2, 0) is 0 Å². The Morgan fingerprint density at radius 1 is 1.13 bits per heavy atom. The zero-order chi connectivity index (χ0) is 11.3. The van der Waals surface area contributed by atoms with Crippen LogP contribution in [0, 0.1) is 12.9 Å². The van der Waals surface area contributed by atoms with Crippen LogP contribution in [0.2, 0.25) is 0 Å². The van der Waals surface area contributed by atoms with Crippen molar-refractivity contribution in [2.45, 2.75) is 20.8 Å². The molecule has 0 aliphatic carbocycles. The van der Waals surface area contributed by atoms with E-state index in [9.17, 15) is 4.39 Å². The Hall–Kier alpha value is -1.29. The minimum Gasteiger partial charge on any atom is -0.240 e. The Balaban J connectivity index is 0.000000531. The van der Waals surface area contributed by atoms with Gasteiger partial charge >= 0.3 is 0 Å². The van der Waals surface area contributed by atoms with E-state index in [1.165, 1.54) is 17.4 Å². The Morgan fingerprint density at radius 3 is 2.40 bits per heavy atom. The lowest BCUT2D eigenvalue weighted by Crippen LogP contribution is -1.86. The van der Waals surface area contributed by atoms with Crippen molar-refractivity contribution >= 4 is 11.3 Å². The fourth-order valence-corrected chi connectivity index (χ4v) is 1.64. The highest BCUT2D eigenvalue weighted by Crippen LogP contribution is 2.19. The van der Waals surface area contributed by atoms with Crippen molar-refractivity contribution < 1.29 is 4.39 Å². The summed E-state index contributed by atoms with van der Waals surface area (Å²) in [6, 6.07) is 4.70. The lowest BCUT2D eigenvalue weighted by Gasteiger charge is -1.93. The zero-order valence-electron chi connectivity index (χ0n) is 8.99. The number of nitrogens with zero attached hydrogens (tertiary/aromatic N) is 2. The summed E-state index contributed by atoms with van der Waals surface area (Å²) in [6.45, 7) is 5.91. The van der Waals surface area contributed by atoms with E-state index in [1.807, 2.05) is 26.2 Å². The van der Waals surface area contributed by atoms with Crippen LogP contribution in [0.25, 0.3) is 11.4 Å². The summed E-state index contributed by atoms with van der Waals surface area (Å²) in [4.78, 5) is 7.95. The molecule has 80 valence electrons. The van der Waals surface area contributed by atoms with Gasteiger partial charge in [0.2, 0.25) is 5.95 Å². The molecule has 0 saturated carbocycles. The minimum atomic E-state index is -0.469. The van der Waals surface area contributed by atoms with E-state index in [-0.39, 0.29) is 0 Å². The average Bonchev–Trinajstić information content (AvgIpc) is 2.68. The van der Waals surface area contributed by atoms with Crippen molar-refractivity contribution in [3.8, 4) is 11.4 Å². The summed E-state index contributed by atoms with van der Waals surface area (Å²) in [5.41, 5.74) is 1.33. The topological polar surface area (TPSA) is 25.8 Å². The van der Waals surface area contributed by atoms with E-state index < -0.39 is 5.95 Å². The van der Waals surface area contributed by atoms with Gasteiger partial charge in [-0.2, -0.15) is 4.39 Å². The molecule has 2 aromatic rings. The lowest BCUT2D eigenvalue weighted by molar-refractivity contribution is 0.585. The first-order chi connectivity index (χ1) is 7.25. The maximum absolute atomic E-state index is 12.7. The van der Waals surface area contributed by atoms with Gasteiger partial charge in [0, 0.05) is 5.38 Å². The number of halogens is 1. The Bertz CT molecular complexity index is 426. The molecule has 0 fully saturated rings.